The number of carbonyl (C=O) groups excluding carboxylic acids is 1. The topological polar surface area (TPSA) is 88.8 Å². The Morgan fingerprint density at radius 1 is 1.17 bits per heavy atom. The van der Waals surface area contributed by atoms with Crippen molar-refractivity contribution in [2.75, 3.05) is 19.6 Å². The van der Waals surface area contributed by atoms with Crippen molar-refractivity contribution in [2.24, 2.45) is 0 Å². The Morgan fingerprint density at radius 2 is 2.00 bits per heavy atom. The van der Waals surface area contributed by atoms with Gasteiger partial charge in [0.1, 0.15) is 10.7 Å². The lowest BCUT2D eigenvalue weighted by molar-refractivity contribution is -0.137. The second-order valence-electron chi connectivity index (χ2n) is 9.83. The predicted molar refractivity (Wildman–Crippen MR) is 153 cm³/mol. The average molecular weight is 602 g/mol. The molecule has 1 aromatic carbocycles. The van der Waals surface area contributed by atoms with Gasteiger partial charge < -0.3 is 10.2 Å². The number of aromatic nitrogens is 5. The van der Waals surface area contributed by atoms with Gasteiger partial charge in [-0.25, -0.2) is 4.98 Å². The molecule has 1 fully saturated rings. The Morgan fingerprint density at radius 3 is 2.78 bits per heavy atom. The van der Waals surface area contributed by atoms with Crippen LogP contribution in [0.3, 0.4) is 0 Å². The number of thioether (sulfide) groups is 1. The van der Waals surface area contributed by atoms with E-state index < -0.39 is 11.7 Å². The zero-order valence-electron chi connectivity index (χ0n) is 22.5. The molecule has 4 aromatic rings. The molecule has 4 heterocycles. The van der Waals surface area contributed by atoms with E-state index in [9.17, 15) is 18.0 Å². The first-order valence-electron chi connectivity index (χ1n) is 13.4. The number of carbonyl (C=O) groups is 1. The van der Waals surface area contributed by atoms with Crippen molar-refractivity contribution in [2.45, 2.75) is 55.7 Å². The van der Waals surface area contributed by atoms with E-state index in [1.165, 1.54) is 48.4 Å². The van der Waals surface area contributed by atoms with Crippen molar-refractivity contribution in [1.29, 1.82) is 0 Å². The van der Waals surface area contributed by atoms with Crippen molar-refractivity contribution in [1.82, 2.24) is 34.9 Å². The molecular formula is C28H30F3N7OS2. The number of likely N-dealkylation sites (tertiary alicyclic amines) is 1. The first kappa shape index (κ1) is 29.2. The van der Waals surface area contributed by atoms with E-state index in [2.05, 4.69) is 37.3 Å². The van der Waals surface area contributed by atoms with Crippen LogP contribution in [0.25, 0.3) is 17.1 Å². The molecule has 1 unspecified atom stereocenters. The molecule has 0 radical (unpaired) electrons. The third kappa shape index (κ3) is 7.32. The van der Waals surface area contributed by atoms with E-state index in [0.717, 1.165) is 31.6 Å². The smallest absolute Gasteiger partial charge is 0.351 e. The van der Waals surface area contributed by atoms with Crippen LogP contribution in [0.2, 0.25) is 0 Å². The number of piperidine rings is 1. The monoisotopic (exact) mass is 601 g/mol. The molecule has 1 amide bonds. The summed E-state index contributed by atoms with van der Waals surface area (Å²) in [6.45, 7) is 4.93. The van der Waals surface area contributed by atoms with Gasteiger partial charge in [-0.2, -0.15) is 13.2 Å². The van der Waals surface area contributed by atoms with Gasteiger partial charge in [0.25, 0.3) is 5.91 Å². The van der Waals surface area contributed by atoms with E-state index in [-0.39, 0.29) is 11.6 Å². The molecule has 5 rings (SSSR count). The van der Waals surface area contributed by atoms with Crippen LogP contribution in [0.15, 0.2) is 59.3 Å². The fraction of sp³-hybridized carbons (Fsp3) is 0.393. The lowest BCUT2D eigenvalue weighted by Gasteiger charge is -2.33. The van der Waals surface area contributed by atoms with Gasteiger partial charge in [0.15, 0.2) is 11.0 Å². The van der Waals surface area contributed by atoms with Gasteiger partial charge >= 0.3 is 6.18 Å². The normalized spacial score (nSPS) is 16.1. The van der Waals surface area contributed by atoms with Crippen LogP contribution in [0, 0.1) is 0 Å². The number of benzene rings is 1. The standard InChI is InChI=1S/C28H30F3N7OS2/c1-19-6-2-3-14-37(19)15-5-11-33-26(39)23-17-40-24(34-23)18-41-27-36-35-25(20-9-12-32-13-10-20)38(27)22-8-4-7-21(16-22)28(29,30)31/h4,7-10,12-13,16-17,19H,2-3,5-6,11,14-15,18H2,1H3,(H,33,39). The summed E-state index contributed by atoms with van der Waals surface area (Å²) in [7, 11) is 0. The summed E-state index contributed by atoms with van der Waals surface area (Å²) >= 11 is 2.64. The predicted octanol–water partition coefficient (Wildman–Crippen LogP) is 6.09. The summed E-state index contributed by atoms with van der Waals surface area (Å²) in [6.07, 6.45) is 3.32. The van der Waals surface area contributed by atoms with Crippen LogP contribution in [-0.2, 0) is 11.9 Å². The molecule has 0 aliphatic carbocycles. The van der Waals surface area contributed by atoms with E-state index >= 15 is 0 Å². The summed E-state index contributed by atoms with van der Waals surface area (Å²) in [6, 6.07) is 9.10. The number of nitrogens with zero attached hydrogens (tertiary/aromatic N) is 6. The van der Waals surface area contributed by atoms with Gasteiger partial charge in [-0.3, -0.25) is 14.3 Å². The fourth-order valence-corrected chi connectivity index (χ4v) is 6.52. The minimum absolute atomic E-state index is 0.212. The molecule has 13 heteroatoms. The van der Waals surface area contributed by atoms with Crippen LogP contribution < -0.4 is 5.32 Å². The number of thiazole rings is 1. The van der Waals surface area contributed by atoms with Crippen molar-refractivity contribution >= 4 is 29.0 Å². The van der Waals surface area contributed by atoms with Gasteiger partial charge in [-0.1, -0.05) is 24.2 Å². The molecular weight excluding hydrogens is 571 g/mol. The van der Waals surface area contributed by atoms with Crippen molar-refractivity contribution in [3.8, 4) is 17.1 Å². The summed E-state index contributed by atoms with van der Waals surface area (Å²) < 4.78 is 42.0. The summed E-state index contributed by atoms with van der Waals surface area (Å²) in [5, 5.41) is 14.3. The van der Waals surface area contributed by atoms with Crippen molar-refractivity contribution < 1.29 is 18.0 Å². The molecule has 0 spiro atoms. The number of amides is 1. The highest BCUT2D eigenvalue weighted by molar-refractivity contribution is 7.98. The zero-order valence-corrected chi connectivity index (χ0v) is 24.1. The number of alkyl halides is 3. The molecule has 1 N–H and O–H groups in total. The molecule has 0 saturated carbocycles. The molecule has 41 heavy (non-hydrogen) atoms. The van der Waals surface area contributed by atoms with Gasteiger partial charge in [-0.15, -0.1) is 21.5 Å². The van der Waals surface area contributed by atoms with E-state index in [1.807, 2.05) is 0 Å². The number of hydrogen-bond acceptors (Lipinski definition) is 8. The van der Waals surface area contributed by atoms with Crippen LogP contribution in [0.1, 0.15) is 53.7 Å². The van der Waals surface area contributed by atoms with Crippen molar-refractivity contribution in [3.63, 3.8) is 0 Å². The van der Waals surface area contributed by atoms with Crippen LogP contribution >= 0.6 is 23.1 Å². The summed E-state index contributed by atoms with van der Waals surface area (Å²) in [4.78, 5) is 23.6. The van der Waals surface area contributed by atoms with Crippen LogP contribution in [-0.4, -0.2) is 61.2 Å². The molecule has 216 valence electrons. The quantitative estimate of drug-likeness (QED) is 0.174. The minimum atomic E-state index is -4.49. The number of pyridine rings is 1. The Balaban J connectivity index is 1.25. The maximum absolute atomic E-state index is 13.5. The van der Waals surface area contributed by atoms with Crippen LogP contribution in [0.5, 0.6) is 0 Å². The van der Waals surface area contributed by atoms with Gasteiger partial charge in [0.2, 0.25) is 0 Å². The largest absolute Gasteiger partial charge is 0.416 e. The lowest BCUT2D eigenvalue weighted by Crippen LogP contribution is -2.39. The summed E-state index contributed by atoms with van der Waals surface area (Å²) in [5.41, 5.74) is 0.548. The second kappa shape index (κ2) is 13.1. The fourth-order valence-electron chi connectivity index (χ4n) is 4.78. The highest BCUT2D eigenvalue weighted by Crippen LogP contribution is 2.34. The zero-order chi connectivity index (χ0) is 28.8. The molecule has 8 nitrogen and oxygen atoms in total. The Hall–Kier alpha value is -3.29. The first-order chi connectivity index (χ1) is 19.8. The Kier molecular flexibility index (Phi) is 9.35. The average Bonchev–Trinajstić information content (AvgIpc) is 3.63. The highest BCUT2D eigenvalue weighted by Gasteiger charge is 2.31. The lowest BCUT2D eigenvalue weighted by atomic mass is 10.0. The SMILES string of the molecule is CC1CCCCN1CCCNC(=O)c1csc(CSc2nnc(-c3ccncc3)n2-c2cccc(C(F)(F)F)c2)n1. The summed E-state index contributed by atoms with van der Waals surface area (Å²) in [5.74, 6) is 0.557. The van der Waals surface area contributed by atoms with Gasteiger partial charge in [0, 0.05) is 42.5 Å². The van der Waals surface area contributed by atoms with E-state index in [4.69, 9.17) is 0 Å². The number of hydrogen-bond donors (Lipinski definition) is 1. The molecule has 1 saturated heterocycles. The molecule has 0 bridgehead atoms. The van der Waals surface area contributed by atoms with Gasteiger partial charge in [-0.05, 0) is 63.1 Å². The maximum atomic E-state index is 13.5. The number of rotatable bonds is 10. The van der Waals surface area contributed by atoms with E-state index in [1.54, 1.807) is 40.5 Å². The van der Waals surface area contributed by atoms with E-state index in [0.29, 0.717) is 45.6 Å². The Labute approximate surface area is 244 Å². The molecule has 3 aromatic heterocycles. The Bertz CT molecular complexity index is 1460. The molecule has 1 atom stereocenters. The highest BCUT2D eigenvalue weighted by atomic mass is 32.2. The number of nitrogens with one attached hydrogen (secondary N) is 1. The van der Waals surface area contributed by atoms with Gasteiger partial charge in [0.05, 0.1) is 17.0 Å². The number of halogens is 3. The minimum Gasteiger partial charge on any atom is -0.351 e. The third-order valence-electron chi connectivity index (χ3n) is 6.96. The molecule has 1 aliphatic heterocycles. The van der Waals surface area contributed by atoms with Crippen LogP contribution in [0.4, 0.5) is 13.2 Å². The molecule has 1 aliphatic rings. The maximum Gasteiger partial charge on any atom is 0.416 e. The first-order valence-corrected chi connectivity index (χ1v) is 15.3. The third-order valence-corrected chi connectivity index (χ3v) is 8.93. The van der Waals surface area contributed by atoms with Crippen molar-refractivity contribution in [3.05, 3.63) is 70.4 Å². The second-order valence-corrected chi connectivity index (χ2v) is 11.7.